The number of aromatic nitrogens is 2. The van der Waals surface area contributed by atoms with Gasteiger partial charge in [0, 0.05) is 19.4 Å². The number of benzene rings is 1. The van der Waals surface area contributed by atoms with Crippen LogP contribution in [-0.4, -0.2) is 15.4 Å². The summed E-state index contributed by atoms with van der Waals surface area (Å²) >= 11 is 0. The molecule has 1 aromatic heterocycles. The van der Waals surface area contributed by atoms with Crippen LogP contribution in [0.15, 0.2) is 34.1 Å². The molecule has 2 aromatic rings. The molecule has 1 aromatic carbocycles. The lowest BCUT2D eigenvalue weighted by Gasteiger charge is -2.13. The maximum atomic E-state index is 13.0. The first kappa shape index (κ1) is 17.5. The smallest absolute Gasteiger partial charge is 0.277 e. The molecule has 0 spiro atoms. The number of nitrogens with zero attached hydrogens (tertiary/aromatic N) is 3. The summed E-state index contributed by atoms with van der Waals surface area (Å²) in [7, 11) is 1.83. The Bertz CT molecular complexity index is 1070. The van der Waals surface area contributed by atoms with Gasteiger partial charge in [0.25, 0.3) is 5.88 Å². The van der Waals surface area contributed by atoms with E-state index in [1.165, 1.54) is 25.0 Å². The highest BCUT2D eigenvalue weighted by Gasteiger charge is 2.23. The Morgan fingerprint density at radius 1 is 1.30 bits per heavy atom. The summed E-state index contributed by atoms with van der Waals surface area (Å²) in [5, 5.41) is 0.557. The molecule has 6 nitrogen and oxygen atoms in total. The van der Waals surface area contributed by atoms with Crippen molar-refractivity contribution in [1.29, 1.82) is 0 Å². The van der Waals surface area contributed by atoms with Crippen molar-refractivity contribution in [2.24, 2.45) is 12.0 Å². The Labute approximate surface area is 155 Å². The van der Waals surface area contributed by atoms with Crippen molar-refractivity contribution in [2.45, 2.75) is 38.0 Å². The number of nitrogens with one attached hydrogen (secondary N) is 1. The molecular formula is C20H21FN4O2. The van der Waals surface area contributed by atoms with Gasteiger partial charge in [0.15, 0.2) is 5.35 Å². The van der Waals surface area contributed by atoms with Crippen molar-refractivity contribution in [3.05, 3.63) is 62.4 Å². The van der Waals surface area contributed by atoms with E-state index < -0.39 is 0 Å². The van der Waals surface area contributed by atoms with Gasteiger partial charge in [0.1, 0.15) is 17.5 Å². The Kier molecular flexibility index (Phi) is 4.51. The minimum Gasteiger partial charge on any atom is -0.358 e. The van der Waals surface area contributed by atoms with Gasteiger partial charge in [-0.2, -0.15) is 4.99 Å². The summed E-state index contributed by atoms with van der Waals surface area (Å²) in [6.45, 7) is 3.92. The molecular weight excluding hydrogens is 347 g/mol. The first-order valence-corrected chi connectivity index (χ1v) is 9.08. The van der Waals surface area contributed by atoms with Gasteiger partial charge in [-0.3, -0.25) is 4.79 Å². The molecule has 1 aliphatic heterocycles. The maximum Gasteiger partial charge on any atom is 0.277 e. The van der Waals surface area contributed by atoms with Gasteiger partial charge in [0.2, 0.25) is 5.43 Å². The van der Waals surface area contributed by atoms with E-state index in [0.29, 0.717) is 23.5 Å². The van der Waals surface area contributed by atoms with E-state index in [4.69, 9.17) is 4.84 Å². The summed E-state index contributed by atoms with van der Waals surface area (Å²) < 4.78 is 14.8. The number of aliphatic imine (C=N–C) groups is 1. The molecule has 7 heteroatoms. The number of hydroxylamine groups is 1. The summed E-state index contributed by atoms with van der Waals surface area (Å²) in [4.78, 5) is 27.1. The molecule has 2 heterocycles. The zero-order valence-electron chi connectivity index (χ0n) is 15.2. The van der Waals surface area contributed by atoms with E-state index in [0.717, 1.165) is 24.2 Å². The van der Waals surface area contributed by atoms with Crippen LogP contribution in [0.4, 0.5) is 4.39 Å². The average Bonchev–Trinajstić information content (AvgIpc) is 3.34. The normalized spacial score (nSPS) is 19.0. The second-order valence-electron chi connectivity index (χ2n) is 7.01. The molecule has 1 N–H and O–H groups in total. The highest BCUT2D eigenvalue weighted by molar-refractivity contribution is 5.88. The van der Waals surface area contributed by atoms with Gasteiger partial charge in [-0.25, -0.2) is 14.9 Å². The molecule has 1 saturated carbocycles. The van der Waals surface area contributed by atoms with Crippen LogP contribution in [0.3, 0.4) is 0 Å². The molecule has 1 aliphatic carbocycles. The van der Waals surface area contributed by atoms with Gasteiger partial charge >= 0.3 is 0 Å². The highest BCUT2D eigenvalue weighted by Crippen LogP contribution is 2.31. The average molecular weight is 368 g/mol. The van der Waals surface area contributed by atoms with Crippen LogP contribution in [0, 0.1) is 5.82 Å². The first-order valence-electron chi connectivity index (χ1n) is 9.08. The van der Waals surface area contributed by atoms with Crippen molar-refractivity contribution in [3.8, 4) is 0 Å². The standard InChI is InChI=1S/C20H21FN4O2/c1-12-18(26)17(23-19(25(12)2)14-5-3-4-6-14)20-22-16(24-27-20)11-13-7-9-15(21)10-8-13/h7-10,14H,1,3-6,11H2,2H3,(H,22,24). The topological polar surface area (TPSA) is 68.5 Å². The second kappa shape index (κ2) is 6.98. The van der Waals surface area contributed by atoms with Crippen molar-refractivity contribution < 1.29 is 9.23 Å². The minimum atomic E-state index is -0.289. The van der Waals surface area contributed by atoms with Gasteiger partial charge in [-0.15, -0.1) is 0 Å². The van der Waals surface area contributed by atoms with E-state index in [9.17, 15) is 9.18 Å². The van der Waals surface area contributed by atoms with Crippen LogP contribution in [-0.2, 0) is 18.3 Å². The Balaban J connectivity index is 1.74. The SMILES string of the molecule is C=c1c(=O)c(=C2N=C(Cc3ccc(F)cc3)NO2)nc(C2CCCC2)n1C. The minimum absolute atomic E-state index is 0.154. The molecule has 0 atom stereocenters. The molecule has 0 unspecified atom stereocenters. The third-order valence-electron chi connectivity index (χ3n) is 5.16. The van der Waals surface area contributed by atoms with Crippen molar-refractivity contribution in [2.75, 3.05) is 0 Å². The molecule has 0 saturated heterocycles. The quantitative estimate of drug-likeness (QED) is 0.885. The third-order valence-corrected chi connectivity index (χ3v) is 5.16. The molecule has 0 radical (unpaired) electrons. The van der Waals surface area contributed by atoms with E-state index in [1.807, 2.05) is 7.05 Å². The molecule has 0 bridgehead atoms. The zero-order chi connectivity index (χ0) is 19.0. The first-order chi connectivity index (χ1) is 13.0. The fraction of sp³-hybridized carbons (Fsp3) is 0.350. The van der Waals surface area contributed by atoms with Gasteiger partial charge in [-0.1, -0.05) is 31.6 Å². The summed E-state index contributed by atoms with van der Waals surface area (Å²) in [6, 6.07) is 6.16. The van der Waals surface area contributed by atoms with E-state index in [2.05, 4.69) is 22.0 Å². The molecule has 2 aliphatic rings. The monoisotopic (exact) mass is 368 g/mol. The highest BCUT2D eigenvalue weighted by atomic mass is 19.1. The molecule has 27 heavy (non-hydrogen) atoms. The van der Waals surface area contributed by atoms with E-state index >= 15 is 0 Å². The number of rotatable bonds is 3. The number of halogens is 1. The van der Waals surface area contributed by atoms with Crippen LogP contribution >= 0.6 is 0 Å². The van der Waals surface area contributed by atoms with E-state index in [1.54, 1.807) is 16.7 Å². The molecule has 1 fully saturated rings. The Morgan fingerprint density at radius 3 is 2.70 bits per heavy atom. The van der Waals surface area contributed by atoms with Crippen LogP contribution in [0.2, 0.25) is 0 Å². The molecule has 0 amide bonds. The fourth-order valence-electron chi connectivity index (χ4n) is 3.61. The van der Waals surface area contributed by atoms with Crippen LogP contribution < -0.4 is 21.6 Å². The maximum absolute atomic E-state index is 13.0. The van der Waals surface area contributed by atoms with Crippen LogP contribution in [0.25, 0.3) is 12.5 Å². The Morgan fingerprint density at radius 2 is 2.00 bits per heavy atom. The predicted molar refractivity (Wildman–Crippen MR) is 101 cm³/mol. The summed E-state index contributed by atoms with van der Waals surface area (Å²) in [6.07, 6.45) is 4.89. The fourth-order valence-corrected chi connectivity index (χ4v) is 3.61. The van der Waals surface area contributed by atoms with Gasteiger partial charge in [0.05, 0.1) is 5.35 Å². The van der Waals surface area contributed by atoms with Crippen molar-refractivity contribution in [1.82, 2.24) is 15.0 Å². The largest absolute Gasteiger partial charge is 0.358 e. The van der Waals surface area contributed by atoms with E-state index in [-0.39, 0.29) is 22.5 Å². The lowest BCUT2D eigenvalue weighted by Crippen LogP contribution is -2.48. The lowest BCUT2D eigenvalue weighted by atomic mass is 10.1. The Hall–Kier alpha value is -2.96. The second-order valence-corrected chi connectivity index (χ2v) is 7.01. The number of hydrogen-bond donors (Lipinski definition) is 1. The lowest BCUT2D eigenvalue weighted by molar-refractivity contribution is 0.227. The molecule has 4 rings (SSSR count). The number of hydrogen-bond acceptors (Lipinski definition) is 5. The molecule has 140 valence electrons. The van der Waals surface area contributed by atoms with Crippen LogP contribution in [0.1, 0.15) is 43.0 Å². The van der Waals surface area contributed by atoms with Gasteiger partial charge < -0.3 is 9.40 Å². The van der Waals surface area contributed by atoms with Crippen LogP contribution in [0.5, 0.6) is 0 Å². The van der Waals surface area contributed by atoms with Gasteiger partial charge in [-0.05, 0) is 30.5 Å². The third kappa shape index (κ3) is 3.37. The summed E-state index contributed by atoms with van der Waals surface area (Å²) in [5.41, 5.74) is 3.32. The number of amidine groups is 1. The predicted octanol–water partition coefficient (Wildman–Crippen LogP) is 1.23. The van der Waals surface area contributed by atoms with Crippen molar-refractivity contribution in [3.63, 3.8) is 0 Å². The van der Waals surface area contributed by atoms with Crippen molar-refractivity contribution >= 4 is 18.3 Å². The summed E-state index contributed by atoms with van der Waals surface area (Å²) in [5.74, 6) is 1.59. The zero-order valence-corrected chi connectivity index (χ0v) is 15.2.